The van der Waals surface area contributed by atoms with Crippen LogP contribution in [-0.4, -0.2) is 147 Å². The molecule has 0 aromatic carbocycles. The van der Waals surface area contributed by atoms with E-state index in [-0.39, 0.29) is 136 Å². The molecule has 0 aromatic rings. The van der Waals surface area contributed by atoms with Gasteiger partial charge in [0.15, 0.2) is 0 Å². The summed E-state index contributed by atoms with van der Waals surface area (Å²) >= 11 is -2.70. The Kier molecular flexibility index (Phi) is 36.2. The Morgan fingerprint density at radius 2 is 0.533 bits per heavy atom. The molecule has 0 saturated heterocycles. The zero-order valence-corrected chi connectivity index (χ0v) is 81.2. The predicted octanol–water partition coefficient (Wildman–Crippen LogP) is 15.8. The molecule has 20 saturated carbocycles. The normalized spacial score (nSPS) is 37.3. The number of aliphatic hydroxyl groups is 1. The van der Waals surface area contributed by atoms with Gasteiger partial charge < -0.3 is 68.8 Å². The SMILES string of the molecule is CC(C)(C)C1CCC(C(=O)OCC23CC4CC(C2)CC(COC(=O)C(F)(F)SOO[O-])(C4)C3)CC1.CC(C)C1CCC(C(=O)OCC23CC4CC(C2)CC(COC(=O)C(F)(F)SOO[O-])(C4)C3)CC1.COC1CCC(C(=O)OCC23CC4CC(C2)CC(COC(=O)C(F)(F)SOO[O-])(C4)C3)CC1.O=C(OCC12CC3CC(C1)CC(COC(=O)C(F)(F)SOO[O-])(C3)C2)C1CCC(CO)CC1. The molecule has 20 aliphatic carbocycles. The molecule has 16 bridgehead atoms. The van der Waals surface area contributed by atoms with E-state index in [0.29, 0.717) is 117 Å². The Bertz CT molecular complexity index is 3810. The molecule has 0 heterocycles. The molecule has 42 heteroatoms. The van der Waals surface area contributed by atoms with Crippen molar-refractivity contribution in [1.29, 1.82) is 0 Å². The van der Waals surface area contributed by atoms with Gasteiger partial charge in [-0.05, 0) is 333 Å². The molecule has 20 aliphatic rings. The summed E-state index contributed by atoms with van der Waals surface area (Å²) in [5.41, 5.74) is -2.03. The fourth-order valence-corrected chi connectivity index (χ4v) is 31.2. The fourth-order valence-electron chi connectivity index (χ4n) is 30.2. The van der Waals surface area contributed by atoms with Gasteiger partial charge in [0.05, 0.1) is 82.6 Å². The highest BCUT2D eigenvalue weighted by Gasteiger charge is 2.65. The minimum absolute atomic E-state index is 0.0288. The summed E-state index contributed by atoms with van der Waals surface area (Å²) in [6, 6.07) is 0. The molecule has 20 rings (SSSR count). The molecule has 8 unspecified atom stereocenters. The summed E-state index contributed by atoms with van der Waals surface area (Å²) < 4.78 is 174. The number of esters is 8. The van der Waals surface area contributed by atoms with Crippen LogP contribution in [0.4, 0.5) is 35.1 Å². The Balaban J connectivity index is 0.000000152. The van der Waals surface area contributed by atoms with Crippen LogP contribution in [0.3, 0.4) is 0 Å². The summed E-state index contributed by atoms with van der Waals surface area (Å²) in [7, 11) is 1.69. The highest BCUT2D eigenvalue weighted by molar-refractivity contribution is 7.97. The molecule has 0 aliphatic heterocycles. The first-order chi connectivity index (χ1) is 63.8. The van der Waals surface area contributed by atoms with Crippen molar-refractivity contribution in [2.24, 2.45) is 143 Å². The highest BCUT2D eigenvalue weighted by atomic mass is 32.2. The van der Waals surface area contributed by atoms with Gasteiger partial charge in [-0.25, -0.2) is 19.2 Å². The molecule has 0 aromatic heterocycles. The van der Waals surface area contributed by atoms with Crippen molar-refractivity contribution in [3.8, 4) is 0 Å². The summed E-state index contributed by atoms with van der Waals surface area (Å²) in [6.07, 6.45) is 35.5. The van der Waals surface area contributed by atoms with Gasteiger partial charge in [-0.1, -0.05) is 34.6 Å². The molecule has 20 fully saturated rings. The third-order valence-electron chi connectivity index (χ3n) is 34.1. The monoisotopic (exact) mass is 2010 g/mol. The van der Waals surface area contributed by atoms with E-state index in [1.165, 1.54) is 0 Å². The van der Waals surface area contributed by atoms with Gasteiger partial charge in [0, 0.05) is 57.0 Å². The number of alkyl halides is 8. The zero-order chi connectivity index (χ0) is 97.4. The summed E-state index contributed by atoms with van der Waals surface area (Å²) in [5.74, 6) is -2.34. The third-order valence-corrected chi connectivity index (χ3v) is 36.1. The molecule has 0 radical (unpaired) electrons. The van der Waals surface area contributed by atoms with E-state index in [4.69, 9.17) is 42.6 Å². The topological polar surface area (TPSA) is 406 Å². The molecular weight excluding hydrogens is 1880 g/mol. The minimum atomic E-state index is -4.05. The van der Waals surface area contributed by atoms with Gasteiger partial charge in [-0.2, -0.15) is 52.5 Å². The Labute approximate surface area is 800 Å². The van der Waals surface area contributed by atoms with Crippen LogP contribution in [-0.2, 0) is 118 Å². The van der Waals surface area contributed by atoms with Crippen molar-refractivity contribution >= 4 is 95.9 Å². The van der Waals surface area contributed by atoms with Crippen LogP contribution in [0.2, 0.25) is 0 Å². The molecule has 30 nitrogen and oxygen atoms in total. The first kappa shape index (κ1) is 108. The smallest absolute Gasteiger partial charge is 0.415 e. The van der Waals surface area contributed by atoms with Crippen LogP contribution in [0.15, 0.2) is 0 Å². The van der Waals surface area contributed by atoms with Gasteiger partial charge in [0.1, 0.15) is 48.2 Å². The van der Waals surface area contributed by atoms with Crippen molar-refractivity contribution in [3.63, 3.8) is 0 Å². The van der Waals surface area contributed by atoms with E-state index in [1.807, 2.05) is 0 Å². The van der Waals surface area contributed by atoms with Crippen LogP contribution in [0.5, 0.6) is 0 Å². The maximum atomic E-state index is 13.8. The average molecular weight is 2010 g/mol. The fraction of sp³-hybridized carbons (Fsp3) is 0.914. The molecular formula is C93H134F8O30S4-4. The molecule has 770 valence electrons. The van der Waals surface area contributed by atoms with Crippen LogP contribution >= 0.6 is 48.2 Å². The number of methoxy groups -OCH3 is 1. The molecule has 135 heavy (non-hydrogen) atoms. The second kappa shape index (κ2) is 45.1. The van der Waals surface area contributed by atoms with Gasteiger partial charge in [-0.15, -0.1) is 0 Å². The van der Waals surface area contributed by atoms with E-state index >= 15 is 0 Å². The van der Waals surface area contributed by atoms with Crippen LogP contribution < -0.4 is 21.0 Å². The number of hydrogen-bond acceptors (Lipinski definition) is 34. The maximum Gasteiger partial charge on any atom is 0.415 e. The van der Waals surface area contributed by atoms with E-state index in [1.54, 1.807) is 7.11 Å². The number of carbonyl (C=O) groups excluding carboxylic acids is 8. The van der Waals surface area contributed by atoms with Crippen LogP contribution in [0, 0.1) is 143 Å². The van der Waals surface area contributed by atoms with Crippen molar-refractivity contribution in [1.82, 2.24) is 0 Å². The average Bonchev–Trinajstić information content (AvgIpc) is 0.737. The minimum Gasteiger partial charge on any atom is -0.691 e. The van der Waals surface area contributed by atoms with Crippen LogP contribution in [0.1, 0.15) is 291 Å². The molecule has 0 spiro atoms. The predicted molar refractivity (Wildman–Crippen MR) is 455 cm³/mol. The Morgan fingerprint density at radius 1 is 0.326 bits per heavy atom. The second-order valence-corrected chi connectivity index (χ2v) is 49.2. The van der Waals surface area contributed by atoms with Crippen molar-refractivity contribution in [3.05, 3.63) is 0 Å². The van der Waals surface area contributed by atoms with Crippen molar-refractivity contribution < 1.29 is 180 Å². The number of rotatable bonds is 39. The van der Waals surface area contributed by atoms with Gasteiger partial charge in [-0.3, -0.25) is 39.3 Å². The standard InChI is InChI=1S/C25H38F2O7S.C24H36F2O7S.2C22H32F2O8S/c1-22(2,3)19-6-4-18(5-7-19)20(28)31-14-23-9-16-8-17(10-23)12-24(11-16,13-23)15-32-21(29)25(26,27)35-34-33-30;1-15(2)18-3-5-19(6-4-18)20(27)30-13-22-8-16-7-17(9-22)11-23(10-16,12-22)14-31-21(28)24(25,26)34-33-32-29;1-28-17-4-2-16(3-5-17)18(25)29-12-20-7-14-6-15(8-20)10-21(9-14,11-20)13-30-19(26)22(23,24)33-32-31-27;23-22(24,33-32-31-28)19(27)30-13-21-8-15-5-16(9-21)7-20(6-15,11-21)12-29-18(26)17-3-1-14(10-25)2-4-17/h16-19,30H,4-15H2,1-3H3;15-19,29H,3-14H2,1-2H3;14-17,27H,2-13H2,1H3;14-17,25,28H,1-13H2/p-4. The summed E-state index contributed by atoms with van der Waals surface area (Å²) in [4.78, 5) is 98.7. The number of aliphatic hydroxyl groups excluding tert-OH is 1. The number of ether oxygens (including phenoxy) is 9. The first-order valence-corrected chi connectivity index (χ1v) is 51.3. The van der Waals surface area contributed by atoms with Crippen molar-refractivity contribution in [2.75, 3.05) is 66.6 Å². The highest BCUT2D eigenvalue weighted by Crippen LogP contribution is 2.70. The lowest BCUT2D eigenvalue weighted by atomic mass is 9.44. The van der Waals surface area contributed by atoms with Gasteiger partial charge in [0.25, 0.3) is 0 Å². The third kappa shape index (κ3) is 27.6. The zero-order valence-electron chi connectivity index (χ0n) is 77.9. The second-order valence-electron chi connectivity index (χ2n) is 45.9. The van der Waals surface area contributed by atoms with Gasteiger partial charge in [0.2, 0.25) is 0 Å². The largest absolute Gasteiger partial charge is 0.691 e. The maximum absolute atomic E-state index is 13.8. The quantitative estimate of drug-likeness (QED) is 0.0149. The van der Waals surface area contributed by atoms with E-state index in [9.17, 15) is 99.6 Å². The Hall–Kier alpha value is -3.96. The molecule has 0 amide bonds. The lowest BCUT2D eigenvalue weighted by Crippen LogP contribution is -2.55. The number of carbonyl (C=O) groups is 8. The van der Waals surface area contributed by atoms with E-state index in [2.05, 4.69) is 72.1 Å². The first-order valence-electron chi connectivity index (χ1n) is 48.3. The van der Waals surface area contributed by atoms with Crippen molar-refractivity contribution in [2.45, 2.75) is 319 Å². The van der Waals surface area contributed by atoms with E-state index < -0.39 is 98.5 Å². The summed E-state index contributed by atoms with van der Waals surface area (Å²) in [5, 5.41) is 44.0. The summed E-state index contributed by atoms with van der Waals surface area (Å²) in [6.45, 7) is 12.3. The number of halogens is 8. The molecule has 1 N–H and O–H groups in total. The van der Waals surface area contributed by atoms with E-state index in [0.717, 1.165) is 231 Å². The number of hydrogen-bond donors (Lipinski definition) is 1. The van der Waals surface area contributed by atoms with Crippen LogP contribution in [0.25, 0.3) is 0 Å². The lowest BCUT2D eigenvalue weighted by molar-refractivity contribution is -0.777. The van der Waals surface area contributed by atoms with Gasteiger partial charge >= 0.3 is 68.8 Å². The Morgan fingerprint density at radius 3 is 0.733 bits per heavy atom. The molecule has 8 atom stereocenters. The lowest BCUT2D eigenvalue weighted by Gasteiger charge is -2.61.